The minimum Gasteiger partial charge on any atom is -0.490 e. The normalized spacial score (nSPS) is 16.5. The molecule has 0 unspecified atom stereocenters. The van der Waals surface area contributed by atoms with Crippen molar-refractivity contribution >= 4 is 50.2 Å². The van der Waals surface area contributed by atoms with Crippen LogP contribution in [0.4, 0.5) is 5.69 Å². The van der Waals surface area contributed by atoms with Crippen LogP contribution in [-0.4, -0.2) is 63.3 Å². The van der Waals surface area contributed by atoms with Crippen LogP contribution in [0.5, 0.6) is 5.75 Å². The molecule has 0 aromatic heterocycles. The van der Waals surface area contributed by atoms with Gasteiger partial charge < -0.3 is 20.1 Å². The van der Waals surface area contributed by atoms with Crippen molar-refractivity contribution in [2.45, 2.75) is 39.2 Å². The fourth-order valence-electron chi connectivity index (χ4n) is 5.37. The number of carbonyl (C=O) groups is 1. The third kappa shape index (κ3) is 5.96. The number of nitrogens with zero attached hydrogens (tertiary/aromatic N) is 2. The highest BCUT2D eigenvalue weighted by molar-refractivity contribution is 7.97. The SMILES string of the molecule is CCOC(=O)C1=Cc2cc(OC3CCN(C(C)=N)CC3)ccc2N(CCc2ccc3ccc(C(=N)N)cc3c2)S1(=O)=O. The van der Waals surface area contributed by atoms with E-state index in [1.807, 2.05) is 35.2 Å². The van der Waals surface area contributed by atoms with Crippen LogP contribution < -0.4 is 14.8 Å². The molecule has 0 atom stereocenters. The summed E-state index contributed by atoms with van der Waals surface area (Å²) >= 11 is 0. The molecule has 5 rings (SSSR count). The molecule has 220 valence electrons. The quantitative estimate of drug-likeness (QED) is 0.202. The monoisotopic (exact) mass is 589 g/mol. The maximum absolute atomic E-state index is 13.7. The van der Waals surface area contributed by atoms with E-state index in [0.29, 0.717) is 34.8 Å². The predicted molar refractivity (Wildman–Crippen MR) is 165 cm³/mol. The first kappa shape index (κ1) is 29.1. The van der Waals surface area contributed by atoms with Crippen LogP contribution in [0.1, 0.15) is 43.4 Å². The molecule has 1 fully saturated rings. The van der Waals surface area contributed by atoms with Gasteiger partial charge in [-0.2, -0.15) is 0 Å². The number of nitrogens with two attached hydrogens (primary N) is 1. The molecule has 2 heterocycles. The lowest BCUT2D eigenvalue weighted by Gasteiger charge is -2.33. The average molecular weight is 590 g/mol. The molecule has 3 aromatic carbocycles. The Bertz CT molecular complexity index is 1690. The highest BCUT2D eigenvalue weighted by Gasteiger charge is 2.37. The summed E-state index contributed by atoms with van der Waals surface area (Å²) in [4.78, 5) is 14.4. The number of sulfonamides is 1. The molecule has 0 aliphatic carbocycles. The van der Waals surface area contributed by atoms with Crippen molar-refractivity contribution in [3.05, 3.63) is 76.2 Å². The van der Waals surface area contributed by atoms with E-state index in [9.17, 15) is 13.2 Å². The Labute approximate surface area is 245 Å². The molecule has 4 N–H and O–H groups in total. The molecule has 0 amide bonds. The van der Waals surface area contributed by atoms with Gasteiger partial charge in [0.25, 0.3) is 10.0 Å². The van der Waals surface area contributed by atoms with Gasteiger partial charge in [0.1, 0.15) is 17.7 Å². The summed E-state index contributed by atoms with van der Waals surface area (Å²) < 4.78 is 40.0. The number of benzene rings is 3. The Morgan fingerprint density at radius 1 is 1.02 bits per heavy atom. The van der Waals surface area contributed by atoms with Crippen molar-refractivity contribution in [2.24, 2.45) is 5.73 Å². The van der Waals surface area contributed by atoms with Crippen LogP contribution in [0.15, 0.2) is 59.5 Å². The minimum absolute atomic E-state index is 0.0213. The van der Waals surface area contributed by atoms with Crippen LogP contribution in [0, 0.1) is 10.8 Å². The number of amidine groups is 2. The lowest BCUT2D eigenvalue weighted by Crippen LogP contribution is -2.40. The van der Waals surface area contributed by atoms with E-state index in [1.165, 1.54) is 10.4 Å². The van der Waals surface area contributed by atoms with Crippen LogP contribution in [0.2, 0.25) is 0 Å². The molecule has 10 nitrogen and oxygen atoms in total. The summed E-state index contributed by atoms with van der Waals surface area (Å²) in [6.07, 6.45) is 3.28. The van der Waals surface area contributed by atoms with Crippen molar-refractivity contribution in [1.82, 2.24) is 4.90 Å². The molecule has 0 saturated carbocycles. The summed E-state index contributed by atoms with van der Waals surface area (Å²) in [7, 11) is -4.18. The van der Waals surface area contributed by atoms with E-state index in [0.717, 1.165) is 42.3 Å². The number of anilines is 1. The van der Waals surface area contributed by atoms with Crippen molar-refractivity contribution in [2.75, 3.05) is 30.5 Å². The zero-order chi connectivity index (χ0) is 30.0. The first-order chi connectivity index (χ1) is 20.1. The van der Waals surface area contributed by atoms with Gasteiger partial charge in [-0.25, -0.2) is 13.2 Å². The second-order valence-corrected chi connectivity index (χ2v) is 12.3. The van der Waals surface area contributed by atoms with E-state index in [2.05, 4.69) is 0 Å². The molecule has 11 heteroatoms. The molecule has 42 heavy (non-hydrogen) atoms. The number of piperidine rings is 1. The Balaban J connectivity index is 1.42. The van der Waals surface area contributed by atoms with Crippen LogP contribution in [-0.2, 0) is 26.0 Å². The highest BCUT2D eigenvalue weighted by atomic mass is 32.2. The third-order valence-electron chi connectivity index (χ3n) is 7.64. The zero-order valence-electron chi connectivity index (χ0n) is 23.7. The molecule has 2 aliphatic rings. The largest absolute Gasteiger partial charge is 0.490 e. The van der Waals surface area contributed by atoms with Crippen LogP contribution >= 0.6 is 0 Å². The van der Waals surface area contributed by atoms with E-state index in [4.69, 9.17) is 26.0 Å². The molecule has 0 radical (unpaired) electrons. The third-order valence-corrected chi connectivity index (χ3v) is 9.44. The fraction of sp³-hybridized carbons (Fsp3) is 0.323. The van der Waals surface area contributed by atoms with Crippen molar-refractivity contribution < 1.29 is 22.7 Å². The Morgan fingerprint density at radius 3 is 2.45 bits per heavy atom. The number of hydrogen-bond donors (Lipinski definition) is 3. The summed E-state index contributed by atoms with van der Waals surface area (Å²) in [6.45, 7) is 5.06. The molecule has 0 bridgehead atoms. The first-order valence-electron chi connectivity index (χ1n) is 14.0. The molecule has 0 spiro atoms. The number of ether oxygens (including phenoxy) is 2. The predicted octanol–water partition coefficient (Wildman–Crippen LogP) is 4.26. The number of esters is 1. The standard InChI is InChI=1S/C31H35N5O5S/c1-3-40-31(37)29-19-25-18-27(41-26-11-13-35(14-12-26)20(2)32)8-9-28(25)36(42(29,38)39)15-10-21-4-5-22-6-7-23(30(33)34)17-24(22)16-21/h4-9,16-19,26,32H,3,10-15H2,1-2H3,(H3,33,34). The maximum Gasteiger partial charge on any atom is 0.351 e. The number of nitrogen functional groups attached to an aromatic ring is 1. The second-order valence-electron chi connectivity index (χ2n) is 10.5. The van der Waals surface area contributed by atoms with E-state index in [1.54, 1.807) is 38.1 Å². The maximum atomic E-state index is 13.7. The topological polar surface area (TPSA) is 150 Å². The zero-order valence-corrected chi connectivity index (χ0v) is 24.5. The summed E-state index contributed by atoms with van der Waals surface area (Å²) in [5, 5.41) is 17.5. The molecule has 3 aromatic rings. The van der Waals surface area contributed by atoms with Gasteiger partial charge in [0, 0.05) is 43.6 Å². The molecule has 2 aliphatic heterocycles. The van der Waals surface area contributed by atoms with Gasteiger partial charge >= 0.3 is 5.97 Å². The number of carbonyl (C=O) groups excluding carboxylic acids is 1. The van der Waals surface area contributed by atoms with E-state index >= 15 is 0 Å². The van der Waals surface area contributed by atoms with E-state index < -0.39 is 20.9 Å². The van der Waals surface area contributed by atoms with Gasteiger partial charge in [-0.05, 0) is 66.9 Å². The van der Waals surface area contributed by atoms with Gasteiger partial charge in [-0.3, -0.25) is 15.1 Å². The molecule has 1 saturated heterocycles. The average Bonchev–Trinajstić information content (AvgIpc) is 2.96. The number of nitrogens with one attached hydrogen (secondary N) is 2. The van der Waals surface area contributed by atoms with Crippen molar-refractivity contribution in [3.8, 4) is 5.75 Å². The van der Waals surface area contributed by atoms with Crippen LogP contribution in [0.25, 0.3) is 16.8 Å². The Hall–Kier alpha value is -4.38. The number of rotatable bonds is 8. The minimum atomic E-state index is -4.18. The summed E-state index contributed by atoms with van der Waals surface area (Å²) in [5.74, 6) is 0.223. The van der Waals surface area contributed by atoms with Crippen molar-refractivity contribution in [3.63, 3.8) is 0 Å². The number of fused-ring (bicyclic) bond motifs is 2. The smallest absolute Gasteiger partial charge is 0.351 e. The fourth-order valence-corrected chi connectivity index (χ4v) is 6.91. The summed E-state index contributed by atoms with van der Waals surface area (Å²) in [6, 6.07) is 16.6. The van der Waals surface area contributed by atoms with Gasteiger partial charge in [-0.1, -0.05) is 30.3 Å². The van der Waals surface area contributed by atoms with Gasteiger partial charge in [-0.15, -0.1) is 0 Å². The van der Waals surface area contributed by atoms with Crippen molar-refractivity contribution in [1.29, 1.82) is 10.8 Å². The van der Waals surface area contributed by atoms with Gasteiger partial charge in [0.2, 0.25) is 0 Å². The Morgan fingerprint density at radius 2 is 1.76 bits per heavy atom. The van der Waals surface area contributed by atoms with E-state index in [-0.39, 0.29) is 25.1 Å². The highest BCUT2D eigenvalue weighted by Crippen LogP contribution is 2.37. The Kier molecular flexibility index (Phi) is 8.22. The molecular formula is C31H35N5O5S. The second kappa shape index (κ2) is 11.8. The summed E-state index contributed by atoms with van der Waals surface area (Å²) in [5.41, 5.74) is 8.20. The molecular weight excluding hydrogens is 554 g/mol. The lowest BCUT2D eigenvalue weighted by atomic mass is 10.0. The number of hydrogen-bond acceptors (Lipinski definition) is 7. The van der Waals surface area contributed by atoms with Gasteiger partial charge in [0.15, 0.2) is 4.91 Å². The number of likely N-dealkylation sites (tertiary alicyclic amines) is 1. The lowest BCUT2D eigenvalue weighted by molar-refractivity contribution is -0.137. The van der Waals surface area contributed by atoms with Gasteiger partial charge in [0.05, 0.1) is 18.1 Å². The first-order valence-corrected chi connectivity index (χ1v) is 15.4. The van der Waals surface area contributed by atoms with Crippen LogP contribution in [0.3, 0.4) is 0 Å².